The summed E-state index contributed by atoms with van der Waals surface area (Å²) >= 11 is 0. The molecule has 0 unspecified atom stereocenters. The highest BCUT2D eigenvalue weighted by Crippen LogP contribution is 2.31. The molecule has 0 saturated carbocycles. The van der Waals surface area contributed by atoms with E-state index in [9.17, 15) is 0 Å². The molecule has 0 aliphatic rings. The van der Waals surface area contributed by atoms with Gasteiger partial charge in [0.25, 0.3) is 0 Å². The Bertz CT molecular complexity index is 864. The Balaban J connectivity index is 0.000000945. The summed E-state index contributed by atoms with van der Waals surface area (Å²) < 4.78 is 0. The van der Waals surface area contributed by atoms with Crippen molar-refractivity contribution in [2.24, 2.45) is 0 Å². The molecule has 34 heavy (non-hydrogen) atoms. The average Bonchev–Trinajstić information content (AvgIpc) is 2.85. The second-order valence-electron chi connectivity index (χ2n) is 8.65. The highest BCUT2D eigenvalue weighted by molar-refractivity contribution is 7.97. The van der Waals surface area contributed by atoms with E-state index in [1.807, 2.05) is 0 Å². The molecule has 0 aliphatic heterocycles. The van der Waals surface area contributed by atoms with Crippen molar-refractivity contribution in [2.75, 3.05) is 0 Å². The van der Waals surface area contributed by atoms with Crippen LogP contribution >= 0.6 is 0 Å². The Morgan fingerprint density at radius 3 is 1.44 bits per heavy atom. The predicted molar refractivity (Wildman–Crippen MR) is 143 cm³/mol. The van der Waals surface area contributed by atoms with Crippen molar-refractivity contribution >= 4 is 16.9 Å². The van der Waals surface area contributed by atoms with Crippen LogP contribution in [0.1, 0.15) is 77.2 Å². The molecule has 3 aromatic carbocycles. The fraction of sp³-hybridized carbons (Fsp3) is 0.387. The summed E-state index contributed by atoms with van der Waals surface area (Å²) in [4.78, 5) is 13.1. The number of aliphatic carboxylic acids is 1. The third-order valence-corrected chi connectivity index (χ3v) is 7.92. The summed E-state index contributed by atoms with van der Waals surface area (Å²) in [5, 5.41) is 8.89. The number of carbonyl (C=O) groups is 1. The minimum atomic E-state index is -1.08. The Labute approximate surface area is 209 Å². The van der Waals surface area contributed by atoms with Gasteiger partial charge >= 0.3 is 0 Å². The van der Waals surface area contributed by atoms with Crippen LogP contribution in [0.15, 0.2) is 99.6 Å². The second kappa shape index (κ2) is 17.0. The van der Waals surface area contributed by atoms with E-state index in [4.69, 9.17) is 9.90 Å². The summed E-state index contributed by atoms with van der Waals surface area (Å²) in [6.45, 7) is 3.26. The fourth-order valence-corrected chi connectivity index (χ4v) is 6.04. The van der Waals surface area contributed by atoms with Crippen LogP contribution in [-0.2, 0) is 22.1 Å². The molecule has 0 radical (unpaired) electrons. The lowest BCUT2D eigenvalue weighted by Crippen LogP contribution is -2.16. The lowest BCUT2D eigenvalue weighted by molar-refractivity contribution is -0.302. The van der Waals surface area contributed by atoms with Crippen molar-refractivity contribution in [3.63, 3.8) is 0 Å². The van der Waals surface area contributed by atoms with Crippen LogP contribution in [-0.4, -0.2) is 5.97 Å². The van der Waals surface area contributed by atoms with E-state index in [0.29, 0.717) is 0 Å². The molecular formula is C31H40O2S. The zero-order valence-electron chi connectivity index (χ0n) is 20.9. The third kappa shape index (κ3) is 11.1. The first-order valence-corrected chi connectivity index (χ1v) is 13.9. The van der Waals surface area contributed by atoms with E-state index in [1.54, 1.807) is 0 Å². The van der Waals surface area contributed by atoms with Gasteiger partial charge in [-0.05, 0) is 61.7 Å². The molecule has 0 aromatic heterocycles. The van der Waals surface area contributed by atoms with Crippen LogP contribution in [0.25, 0.3) is 0 Å². The number of benzene rings is 3. The van der Waals surface area contributed by atoms with Gasteiger partial charge in [0.15, 0.2) is 14.7 Å². The fourth-order valence-electron chi connectivity index (χ4n) is 3.95. The van der Waals surface area contributed by atoms with Crippen molar-refractivity contribution < 1.29 is 9.90 Å². The molecule has 0 aliphatic carbocycles. The number of hydrogen-bond donors (Lipinski definition) is 0. The number of hydrogen-bond acceptors (Lipinski definition) is 2. The van der Waals surface area contributed by atoms with E-state index in [2.05, 4.69) is 91.9 Å². The lowest BCUT2D eigenvalue weighted by Gasteiger charge is -2.09. The maximum absolute atomic E-state index is 8.89. The van der Waals surface area contributed by atoms with Gasteiger partial charge in [0, 0.05) is 5.97 Å². The van der Waals surface area contributed by atoms with Crippen molar-refractivity contribution in [1.82, 2.24) is 0 Å². The minimum Gasteiger partial charge on any atom is -0.550 e. The topological polar surface area (TPSA) is 40.1 Å². The van der Waals surface area contributed by atoms with Gasteiger partial charge in [0.2, 0.25) is 0 Å². The molecule has 3 aromatic rings. The van der Waals surface area contributed by atoms with Crippen LogP contribution in [0, 0.1) is 0 Å². The largest absolute Gasteiger partial charge is 0.550 e. The van der Waals surface area contributed by atoms with E-state index in [0.717, 1.165) is 6.92 Å². The standard InChI is InChI=1S/C29H37S.C2H4O2/c1-2-3-4-5-6-7-8-9-12-17-26-22-24-29(25-23-26)30(27-18-13-10-14-19-27)28-20-15-11-16-21-28;1-2(3)4/h10-11,13-16,18-25H,2-9,12,17H2,1H3;1H3,(H,3,4)/q+1;/p-1. The van der Waals surface area contributed by atoms with E-state index in [1.165, 1.54) is 84.5 Å². The van der Waals surface area contributed by atoms with E-state index < -0.39 is 5.97 Å². The van der Waals surface area contributed by atoms with Crippen LogP contribution in [0.4, 0.5) is 0 Å². The number of rotatable bonds is 13. The average molecular weight is 477 g/mol. The number of unbranched alkanes of at least 4 members (excludes halogenated alkanes) is 8. The first-order chi connectivity index (χ1) is 16.6. The normalized spacial score (nSPS) is 10.6. The lowest BCUT2D eigenvalue weighted by atomic mass is 10.0. The Morgan fingerprint density at radius 2 is 1.00 bits per heavy atom. The number of aryl methyl sites for hydroxylation is 1. The molecule has 182 valence electrons. The van der Waals surface area contributed by atoms with Gasteiger partial charge < -0.3 is 9.90 Å². The molecule has 0 bridgehead atoms. The van der Waals surface area contributed by atoms with Crippen molar-refractivity contribution in [1.29, 1.82) is 0 Å². The molecule has 0 saturated heterocycles. The van der Waals surface area contributed by atoms with E-state index >= 15 is 0 Å². The molecule has 0 fully saturated rings. The summed E-state index contributed by atoms with van der Waals surface area (Å²) in [5.74, 6) is -1.08. The van der Waals surface area contributed by atoms with Gasteiger partial charge in [-0.1, -0.05) is 107 Å². The van der Waals surface area contributed by atoms with Crippen LogP contribution in [0.2, 0.25) is 0 Å². The van der Waals surface area contributed by atoms with Crippen LogP contribution in [0.5, 0.6) is 0 Å². The highest BCUT2D eigenvalue weighted by Gasteiger charge is 2.27. The SMILES string of the molecule is CC(=O)[O-].CCCCCCCCCCCc1ccc([S+](c2ccccc2)c2ccccc2)cc1. The predicted octanol–water partition coefficient (Wildman–Crippen LogP) is 7.61. The maximum Gasteiger partial charge on any atom is 0.166 e. The van der Waals surface area contributed by atoms with Gasteiger partial charge in [-0.2, -0.15) is 0 Å². The summed E-state index contributed by atoms with van der Waals surface area (Å²) in [7, 11) is -0.0368. The quantitative estimate of drug-likeness (QED) is 0.188. The summed E-state index contributed by atoms with van der Waals surface area (Å²) in [5.41, 5.74) is 1.48. The van der Waals surface area contributed by atoms with Crippen molar-refractivity contribution in [3.8, 4) is 0 Å². The number of carboxylic acids is 1. The second-order valence-corrected chi connectivity index (χ2v) is 10.7. The van der Waals surface area contributed by atoms with Gasteiger partial charge in [-0.15, -0.1) is 0 Å². The van der Waals surface area contributed by atoms with Gasteiger partial charge in [-0.3, -0.25) is 0 Å². The zero-order valence-corrected chi connectivity index (χ0v) is 21.7. The molecule has 0 atom stereocenters. The molecule has 0 spiro atoms. The molecule has 0 N–H and O–H groups in total. The Morgan fingerprint density at radius 1 is 0.618 bits per heavy atom. The first kappa shape index (κ1) is 27.7. The van der Waals surface area contributed by atoms with Gasteiger partial charge in [-0.25, -0.2) is 0 Å². The minimum absolute atomic E-state index is 0.0368. The van der Waals surface area contributed by atoms with Crippen molar-refractivity contribution in [3.05, 3.63) is 90.5 Å². The first-order valence-electron chi connectivity index (χ1n) is 12.7. The summed E-state index contributed by atoms with van der Waals surface area (Å²) in [6, 6.07) is 31.2. The van der Waals surface area contributed by atoms with Crippen LogP contribution < -0.4 is 5.11 Å². The molecule has 2 nitrogen and oxygen atoms in total. The molecule has 0 heterocycles. The van der Waals surface area contributed by atoms with Gasteiger partial charge in [0.05, 0.1) is 10.9 Å². The summed E-state index contributed by atoms with van der Waals surface area (Å²) in [6.07, 6.45) is 13.7. The Hall–Kier alpha value is -2.52. The number of carboxylic acid groups (broad SMARTS) is 1. The smallest absolute Gasteiger partial charge is 0.166 e. The maximum atomic E-state index is 8.89. The molecule has 0 amide bonds. The molecule has 3 rings (SSSR count). The molecular weight excluding hydrogens is 436 g/mol. The third-order valence-electron chi connectivity index (χ3n) is 5.69. The van der Waals surface area contributed by atoms with E-state index in [-0.39, 0.29) is 10.9 Å². The Kier molecular flexibility index (Phi) is 13.9. The van der Waals surface area contributed by atoms with Crippen molar-refractivity contribution in [2.45, 2.75) is 92.7 Å². The van der Waals surface area contributed by atoms with Gasteiger partial charge in [0.1, 0.15) is 0 Å². The monoisotopic (exact) mass is 476 g/mol. The van der Waals surface area contributed by atoms with Crippen LogP contribution in [0.3, 0.4) is 0 Å². The highest BCUT2D eigenvalue weighted by atomic mass is 32.2. The number of carbonyl (C=O) groups excluding carboxylic acids is 1. The zero-order chi connectivity index (χ0) is 24.4. The molecule has 3 heteroatoms.